The first-order valence-electron chi connectivity index (χ1n) is 9.41. The van der Waals surface area contributed by atoms with Gasteiger partial charge in [-0.25, -0.2) is 0 Å². The Morgan fingerprint density at radius 1 is 1.00 bits per heavy atom. The summed E-state index contributed by atoms with van der Waals surface area (Å²) >= 11 is 0. The molecule has 4 rings (SSSR count). The quantitative estimate of drug-likeness (QED) is 0.693. The zero-order valence-corrected chi connectivity index (χ0v) is 15.5. The average Bonchev–Trinajstić information content (AvgIpc) is 2.74. The number of hydrogen-bond acceptors (Lipinski definition) is 3. The third-order valence-corrected chi connectivity index (χ3v) is 5.08. The van der Waals surface area contributed by atoms with E-state index in [1.165, 1.54) is 11.1 Å². The Balaban J connectivity index is 1.58. The van der Waals surface area contributed by atoms with E-state index in [4.69, 9.17) is 0 Å². The second kappa shape index (κ2) is 7.62. The Morgan fingerprint density at radius 2 is 1.74 bits per heavy atom. The number of nitrogens with zero attached hydrogens (tertiary/aromatic N) is 3. The molecule has 1 aliphatic heterocycles. The average molecular weight is 357 g/mol. The van der Waals surface area contributed by atoms with Gasteiger partial charge in [-0.1, -0.05) is 42.5 Å². The summed E-state index contributed by atoms with van der Waals surface area (Å²) in [7, 11) is 0. The maximum absolute atomic E-state index is 13.1. The number of hydrogen-bond donors (Lipinski definition) is 0. The summed E-state index contributed by atoms with van der Waals surface area (Å²) < 4.78 is 0. The Labute approximate surface area is 160 Å². The Bertz CT molecular complexity index is 939. The smallest absolute Gasteiger partial charge is 0.272 e. The normalized spacial score (nSPS) is 13.1. The monoisotopic (exact) mass is 357 g/mol. The van der Waals surface area contributed by atoms with Gasteiger partial charge in [-0.3, -0.25) is 9.78 Å². The molecule has 0 saturated heterocycles. The molecule has 2 aromatic carbocycles. The number of aromatic nitrogens is 1. The van der Waals surface area contributed by atoms with Crippen molar-refractivity contribution < 1.29 is 4.79 Å². The van der Waals surface area contributed by atoms with Gasteiger partial charge in [0.2, 0.25) is 0 Å². The van der Waals surface area contributed by atoms with Crippen molar-refractivity contribution in [1.29, 1.82) is 0 Å². The van der Waals surface area contributed by atoms with Crippen LogP contribution in [0.5, 0.6) is 0 Å². The molecule has 2 heterocycles. The summed E-state index contributed by atoms with van der Waals surface area (Å²) in [5.74, 6) is -0.00420. The molecule has 1 aliphatic rings. The predicted molar refractivity (Wildman–Crippen MR) is 108 cm³/mol. The summed E-state index contributed by atoms with van der Waals surface area (Å²) in [6, 6.07) is 22.4. The fraction of sp³-hybridized carbons (Fsp3) is 0.217. The topological polar surface area (TPSA) is 36.4 Å². The van der Waals surface area contributed by atoms with Crippen LogP contribution in [0, 0.1) is 0 Å². The molecule has 0 atom stereocenters. The zero-order chi connectivity index (χ0) is 18.6. The van der Waals surface area contributed by atoms with Gasteiger partial charge >= 0.3 is 0 Å². The van der Waals surface area contributed by atoms with Crippen LogP contribution in [0.4, 0.5) is 11.4 Å². The van der Waals surface area contributed by atoms with Gasteiger partial charge in [0.05, 0.1) is 0 Å². The van der Waals surface area contributed by atoms with E-state index in [0.717, 1.165) is 30.9 Å². The molecule has 0 unspecified atom stereocenters. The van der Waals surface area contributed by atoms with Crippen molar-refractivity contribution in [2.75, 3.05) is 18.0 Å². The number of benzene rings is 2. The third kappa shape index (κ3) is 3.56. The molecule has 0 radical (unpaired) electrons. The molecule has 136 valence electrons. The molecule has 0 N–H and O–H groups in total. The Hall–Kier alpha value is -3.14. The lowest BCUT2D eigenvalue weighted by Gasteiger charge is -2.29. The van der Waals surface area contributed by atoms with Crippen LogP contribution in [0.3, 0.4) is 0 Å². The molecule has 0 aliphatic carbocycles. The Morgan fingerprint density at radius 3 is 2.52 bits per heavy atom. The van der Waals surface area contributed by atoms with Gasteiger partial charge in [0, 0.05) is 37.2 Å². The van der Waals surface area contributed by atoms with Crippen LogP contribution in [0.25, 0.3) is 0 Å². The van der Waals surface area contributed by atoms with Crippen molar-refractivity contribution in [3.8, 4) is 0 Å². The van der Waals surface area contributed by atoms with Gasteiger partial charge in [0.25, 0.3) is 5.91 Å². The lowest BCUT2D eigenvalue weighted by atomic mass is 10.00. The summed E-state index contributed by atoms with van der Waals surface area (Å²) in [4.78, 5) is 21.5. The van der Waals surface area contributed by atoms with Crippen molar-refractivity contribution in [3.63, 3.8) is 0 Å². The number of pyridine rings is 1. The van der Waals surface area contributed by atoms with Crippen LogP contribution >= 0.6 is 0 Å². The summed E-state index contributed by atoms with van der Waals surface area (Å²) in [5.41, 5.74) is 5.16. The molecule has 0 spiro atoms. The molecule has 0 saturated carbocycles. The number of carbonyl (C=O) groups excluding carboxylic acids is 1. The van der Waals surface area contributed by atoms with Gasteiger partial charge in [0.1, 0.15) is 5.69 Å². The highest BCUT2D eigenvalue weighted by Crippen LogP contribution is 2.26. The maximum Gasteiger partial charge on any atom is 0.272 e. The first-order chi connectivity index (χ1) is 13.3. The molecular weight excluding hydrogens is 334 g/mol. The fourth-order valence-electron chi connectivity index (χ4n) is 3.66. The molecule has 1 amide bonds. The first kappa shape index (κ1) is 17.3. The zero-order valence-electron chi connectivity index (χ0n) is 15.5. The standard InChI is InChI=1S/C23H23N3O/c1-2-26(20-10-4-3-5-11-20)21-12-14-24-22(16-21)23(27)25-15-13-18-8-6-7-9-19(18)17-25/h3-12,14,16H,2,13,15,17H2,1H3. The Kier molecular flexibility index (Phi) is 4.88. The SMILES string of the molecule is CCN(c1ccccc1)c1ccnc(C(=O)N2CCc3ccccc3C2)c1. The fourth-order valence-corrected chi connectivity index (χ4v) is 3.66. The summed E-state index contributed by atoms with van der Waals surface area (Å²) in [5, 5.41) is 0. The molecule has 0 fully saturated rings. The number of para-hydroxylation sites is 1. The highest BCUT2D eigenvalue weighted by molar-refractivity contribution is 5.93. The molecule has 27 heavy (non-hydrogen) atoms. The molecule has 4 heteroatoms. The minimum Gasteiger partial charge on any atom is -0.342 e. The highest BCUT2D eigenvalue weighted by Gasteiger charge is 2.23. The van der Waals surface area contributed by atoms with Crippen LogP contribution in [-0.4, -0.2) is 28.9 Å². The van der Waals surface area contributed by atoms with E-state index >= 15 is 0 Å². The second-order valence-electron chi connectivity index (χ2n) is 6.72. The molecule has 0 bridgehead atoms. The van der Waals surface area contributed by atoms with E-state index in [9.17, 15) is 4.79 Å². The van der Waals surface area contributed by atoms with Crippen molar-refractivity contribution in [2.45, 2.75) is 19.9 Å². The maximum atomic E-state index is 13.1. The van der Waals surface area contributed by atoms with Gasteiger partial charge in [-0.15, -0.1) is 0 Å². The first-order valence-corrected chi connectivity index (χ1v) is 9.41. The van der Waals surface area contributed by atoms with Crippen molar-refractivity contribution >= 4 is 17.3 Å². The number of amides is 1. The summed E-state index contributed by atoms with van der Waals surface area (Å²) in [6.07, 6.45) is 2.62. The molecule has 3 aromatic rings. The van der Waals surface area contributed by atoms with Gasteiger partial charge in [-0.2, -0.15) is 0 Å². The van der Waals surface area contributed by atoms with Gasteiger partial charge in [-0.05, 0) is 48.7 Å². The lowest BCUT2D eigenvalue weighted by molar-refractivity contribution is 0.0729. The minimum absolute atomic E-state index is 0.00420. The number of carbonyl (C=O) groups is 1. The number of rotatable bonds is 4. The van der Waals surface area contributed by atoms with Crippen molar-refractivity contribution in [1.82, 2.24) is 9.88 Å². The minimum atomic E-state index is -0.00420. The molecular formula is C23H23N3O. The van der Waals surface area contributed by atoms with E-state index in [-0.39, 0.29) is 5.91 Å². The van der Waals surface area contributed by atoms with E-state index in [2.05, 4.69) is 47.1 Å². The van der Waals surface area contributed by atoms with E-state index in [1.54, 1.807) is 6.20 Å². The van der Waals surface area contributed by atoms with Crippen LogP contribution in [0.15, 0.2) is 72.9 Å². The second-order valence-corrected chi connectivity index (χ2v) is 6.72. The highest BCUT2D eigenvalue weighted by atomic mass is 16.2. The summed E-state index contributed by atoms with van der Waals surface area (Å²) in [6.45, 7) is 4.31. The van der Waals surface area contributed by atoms with E-state index in [1.807, 2.05) is 41.3 Å². The van der Waals surface area contributed by atoms with Gasteiger partial charge < -0.3 is 9.80 Å². The van der Waals surface area contributed by atoms with Crippen LogP contribution in [0.2, 0.25) is 0 Å². The van der Waals surface area contributed by atoms with E-state index < -0.39 is 0 Å². The van der Waals surface area contributed by atoms with Crippen LogP contribution in [0.1, 0.15) is 28.5 Å². The largest absolute Gasteiger partial charge is 0.342 e. The number of anilines is 2. The van der Waals surface area contributed by atoms with Crippen molar-refractivity contribution in [3.05, 3.63) is 89.7 Å². The lowest BCUT2D eigenvalue weighted by Crippen LogP contribution is -2.36. The molecule has 1 aromatic heterocycles. The predicted octanol–water partition coefficient (Wildman–Crippen LogP) is 4.44. The number of fused-ring (bicyclic) bond motifs is 1. The van der Waals surface area contributed by atoms with E-state index in [0.29, 0.717) is 12.2 Å². The van der Waals surface area contributed by atoms with Gasteiger partial charge in [0.15, 0.2) is 0 Å². The van der Waals surface area contributed by atoms with Crippen LogP contribution < -0.4 is 4.90 Å². The molecule has 4 nitrogen and oxygen atoms in total. The third-order valence-electron chi connectivity index (χ3n) is 5.08. The van der Waals surface area contributed by atoms with Crippen LogP contribution in [-0.2, 0) is 13.0 Å². The van der Waals surface area contributed by atoms with Crippen molar-refractivity contribution in [2.24, 2.45) is 0 Å².